The first-order chi connectivity index (χ1) is 10.8. The molecule has 0 aliphatic carbocycles. The number of amides is 2. The molecule has 0 radical (unpaired) electrons. The maximum atomic E-state index is 12.8. The van der Waals surface area contributed by atoms with Gasteiger partial charge in [0.25, 0.3) is 0 Å². The van der Waals surface area contributed by atoms with Gasteiger partial charge in [0, 0.05) is 20.0 Å². The molecular weight excluding hydrogens is 288 g/mol. The molecule has 0 N–H and O–H groups in total. The van der Waals surface area contributed by atoms with Gasteiger partial charge in [-0.2, -0.15) is 0 Å². The summed E-state index contributed by atoms with van der Waals surface area (Å²) in [4.78, 5) is 24.9. The first kappa shape index (κ1) is 17.0. The van der Waals surface area contributed by atoms with E-state index in [1.807, 2.05) is 63.2 Å². The smallest absolute Gasteiger partial charge is 0.248 e. The van der Waals surface area contributed by atoms with Crippen LogP contribution in [0.3, 0.4) is 0 Å². The molecule has 0 heterocycles. The molecule has 0 spiro atoms. The highest BCUT2D eigenvalue weighted by atomic mass is 16.2. The van der Waals surface area contributed by atoms with Crippen LogP contribution in [0.1, 0.15) is 32.3 Å². The van der Waals surface area contributed by atoms with Gasteiger partial charge in [-0.25, -0.2) is 0 Å². The highest BCUT2D eigenvalue weighted by molar-refractivity contribution is 5.93. The summed E-state index contributed by atoms with van der Waals surface area (Å²) in [5.41, 5.74) is 0.977. The lowest BCUT2D eigenvalue weighted by Gasteiger charge is -2.31. The standard InChI is InChI=1S/C19H24N2O2/c1-13(2)18(22)20(4)21(5)19(23)14(3)16-12-8-10-15-9-6-7-11-17(15)16/h6-14H,1-5H3. The third-order valence-corrected chi connectivity index (χ3v) is 4.24. The van der Waals surface area contributed by atoms with E-state index in [0.29, 0.717) is 0 Å². The fourth-order valence-corrected chi connectivity index (χ4v) is 2.71. The Morgan fingerprint density at radius 3 is 2.04 bits per heavy atom. The number of rotatable bonds is 3. The Hall–Kier alpha value is -2.36. The lowest BCUT2D eigenvalue weighted by molar-refractivity contribution is -0.160. The van der Waals surface area contributed by atoms with Gasteiger partial charge in [-0.1, -0.05) is 56.3 Å². The van der Waals surface area contributed by atoms with Crippen LogP contribution in [-0.4, -0.2) is 35.9 Å². The van der Waals surface area contributed by atoms with Gasteiger partial charge in [-0.05, 0) is 23.3 Å². The summed E-state index contributed by atoms with van der Waals surface area (Å²) in [5, 5.41) is 4.99. The zero-order valence-corrected chi connectivity index (χ0v) is 14.4. The molecule has 122 valence electrons. The molecule has 0 saturated heterocycles. The maximum Gasteiger partial charge on any atom is 0.248 e. The molecule has 23 heavy (non-hydrogen) atoms. The lowest BCUT2D eigenvalue weighted by Crippen LogP contribution is -2.47. The number of benzene rings is 2. The van der Waals surface area contributed by atoms with E-state index in [2.05, 4.69) is 0 Å². The van der Waals surface area contributed by atoms with E-state index in [1.54, 1.807) is 14.1 Å². The minimum atomic E-state index is -0.325. The van der Waals surface area contributed by atoms with Crippen molar-refractivity contribution in [2.75, 3.05) is 14.1 Å². The van der Waals surface area contributed by atoms with E-state index in [1.165, 1.54) is 10.0 Å². The van der Waals surface area contributed by atoms with Gasteiger partial charge in [-0.15, -0.1) is 0 Å². The third-order valence-electron chi connectivity index (χ3n) is 4.24. The summed E-state index contributed by atoms with van der Waals surface area (Å²) in [6, 6.07) is 14.0. The van der Waals surface area contributed by atoms with Gasteiger partial charge in [0.2, 0.25) is 11.8 Å². The molecule has 0 saturated carbocycles. The number of likely N-dealkylation sites (N-methyl/N-ethyl adjacent to an activating group) is 1. The van der Waals surface area contributed by atoms with Crippen molar-refractivity contribution < 1.29 is 9.59 Å². The molecule has 0 aliphatic rings. The fraction of sp³-hybridized carbons (Fsp3) is 0.368. The van der Waals surface area contributed by atoms with Crippen molar-refractivity contribution in [1.82, 2.24) is 10.0 Å². The van der Waals surface area contributed by atoms with E-state index in [9.17, 15) is 9.59 Å². The second-order valence-corrected chi connectivity index (χ2v) is 6.17. The molecule has 1 atom stereocenters. The quantitative estimate of drug-likeness (QED) is 0.815. The van der Waals surface area contributed by atoms with Gasteiger partial charge in [-0.3, -0.25) is 19.6 Å². The average Bonchev–Trinajstić information content (AvgIpc) is 2.57. The van der Waals surface area contributed by atoms with Crippen molar-refractivity contribution in [2.45, 2.75) is 26.7 Å². The van der Waals surface area contributed by atoms with E-state index in [4.69, 9.17) is 0 Å². The Labute approximate surface area is 137 Å². The Morgan fingerprint density at radius 2 is 1.39 bits per heavy atom. The monoisotopic (exact) mass is 312 g/mol. The van der Waals surface area contributed by atoms with Crippen LogP contribution in [0.15, 0.2) is 42.5 Å². The van der Waals surface area contributed by atoms with E-state index < -0.39 is 0 Å². The fourth-order valence-electron chi connectivity index (χ4n) is 2.71. The summed E-state index contributed by atoms with van der Waals surface area (Å²) in [6.45, 7) is 5.53. The van der Waals surface area contributed by atoms with Crippen molar-refractivity contribution >= 4 is 22.6 Å². The summed E-state index contributed by atoms with van der Waals surface area (Å²) in [6.07, 6.45) is 0. The second-order valence-electron chi connectivity index (χ2n) is 6.17. The van der Waals surface area contributed by atoms with E-state index in [0.717, 1.165) is 16.3 Å². The topological polar surface area (TPSA) is 40.6 Å². The van der Waals surface area contributed by atoms with Crippen molar-refractivity contribution in [3.8, 4) is 0 Å². The molecule has 4 heteroatoms. The van der Waals surface area contributed by atoms with Gasteiger partial charge in [0.1, 0.15) is 0 Å². The van der Waals surface area contributed by atoms with Crippen molar-refractivity contribution in [3.63, 3.8) is 0 Å². The Kier molecular flexibility index (Phi) is 5.04. The zero-order chi connectivity index (χ0) is 17.1. The van der Waals surface area contributed by atoms with Gasteiger partial charge >= 0.3 is 0 Å². The predicted octanol–water partition coefficient (Wildman–Crippen LogP) is 3.43. The van der Waals surface area contributed by atoms with Crippen LogP contribution in [0.25, 0.3) is 10.8 Å². The summed E-state index contributed by atoms with van der Waals surface area (Å²) >= 11 is 0. The van der Waals surface area contributed by atoms with Gasteiger partial charge in [0.15, 0.2) is 0 Å². The number of hydrogen-bond donors (Lipinski definition) is 0. The van der Waals surface area contributed by atoms with Crippen LogP contribution in [0, 0.1) is 5.92 Å². The summed E-state index contributed by atoms with van der Waals surface area (Å²) in [5.74, 6) is -0.652. The first-order valence-corrected chi connectivity index (χ1v) is 7.87. The molecule has 2 amide bonds. The van der Waals surface area contributed by atoms with E-state index >= 15 is 0 Å². The molecule has 1 unspecified atom stereocenters. The van der Waals surface area contributed by atoms with Crippen LogP contribution < -0.4 is 0 Å². The van der Waals surface area contributed by atoms with E-state index in [-0.39, 0.29) is 23.7 Å². The Balaban J connectivity index is 2.30. The number of hydrogen-bond acceptors (Lipinski definition) is 2. The van der Waals surface area contributed by atoms with Gasteiger partial charge in [0.05, 0.1) is 5.92 Å². The SMILES string of the molecule is CC(C)C(=O)N(C)N(C)C(=O)C(C)c1cccc2ccccc12. The molecule has 2 aromatic rings. The predicted molar refractivity (Wildman–Crippen MR) is 92.7 cm³/mol. The van der Waals surface area contributed by atoms with Crippen molar-refractivity contribution in [1.29, 1.82) is 0 Å². The average molecular weight is 312 g/mol. The van der Waals surface area contributed by atoms with Crippen molar-refractivity contribution in [2.24, 2.45) is 5.92 Å². The number of carbonyl (C=O) groups excluding carboxylic acids is 2. The molecule has 0 aliphatic heterocycles. The van der Waals surface area contributed by atoms with Crippen molar-refractivity contribution in [3.05, 3.63) is 48.0 Å². The molecule has 0 fully saturated rings. The highest BCUT2D eigenvalue weighted by Gasteiger charge is 2.26. The third kappa shape index (κ3) is 3.36. The zero-order valence-electron chi connectivity index (χ0n) is 14.4. The summed E-state index contributed by atoms with van der Waals surface area (Å²) < 4.78 is 0. The minimum absolute atomic E-state index is 0.0778. The second kappa shape index (κ2) is 6.82. The first-order valence-electron chi connectivity index (χ1n) is 7.87. The minimum Gasteiger partial charge on any atom is -0.273 e. The number of fused-ring (bicyclic) bond motifs is 1. The Morgan fingerprint density at radius 1 is 0.826 bits per heavy atom. The van der Waals surface area contributed by atoms with Crippen LogP contribution in [0.4, 0.5) is 0 Å². The number of carbonyl (C=O) groups is 2. The molecule has 0 aromatic heterocycles. The Bertz CT molecular complexity index is 719. The highest BCUT2D eigenvalue weighted by Crippen LogP contribution is 2.27. The largest absolute Gasteiger partial charge is 0.273 e. The molecular formula is C19H24N2O2. The van der Waals surface area contributed by atoms with Gasteiger partial charge < -0.3 is 0 Å². The normalized spacial score (nSPS) is 12.3. The number of hydrazine groups is 1. The summed E-state index contributed by atoms with van der Waals surface area (Å²) in [7, 11) is 3.28. The molecule has 2 rings (SSSR count). The maximum absolute atomic E-state index is 12.8. The molecule has 2 aromatic carbocycles. The van der Waals surface area contributed by atoms with Crippen LogP contribution in [0.5, 0.6) is 0 Å². The van der Waals surface area contributed by atoms with Crippen LogP contribution in [-0.2, 0) is 9.59 Å². The molecule has 4 nitrogen and oxygen atoms in total. The van der Waals surface area contributed by atoms with Crippen LogP contribution in [0.2, 0.25) is 0 Å². The lowest BCUT2D eigenvalue weighted by atomic mass is 9.94. The number of nitrogens with zero attached hydrogens (tertiary/aromatic N) is 2. The molecule has 0 bridgehead atoms. The van der Waals surface area contributed by atoms with Crippen LogP contribution >= 0.6 is 0 Å².